The molecule has 0 aliphatic heterocycles. The minimum Gasteiger partial charge on any atom is -0.459 e. The van der Waals surface area contributed by atoms with E-state index in [1.165, 1.54) is 0 Å². The third-order valence-electron chi connectivity index (χ3n) is 3.05. The number of hydrogen-bond acceptors (Lipinski definition) is 4. The van der Waals surface area contributed by atoms with Crippen LogP contribution in [0.1, 0.15) is 11.1 Å². The molecule has 0 fully saturated rings. The van der Waals surface area contributed by atoms with E-state index in [0.29, 0.717) is 5.69 Å². The molecule has 0 radical (unpaired) electrons. The van der Waals surface area contributed by atoms with Gasteiger partial charge in [-0.15, -0.1) is 0 Å². The van der Waals surface area contributed by atoms with E-state index in [4.69, 9.17) is 4.74 Å². The lowest BCUT2D eigenvalue weighted by atomic mass is 10.2. The zero-order valence-corrected chi connectivity index (χ0v) is 13.0. The second-order valence-electron chi connectivity index (χ2n) is 4.78. The first-order chi connectivity index (χ1) is 10.6. The van der Waals surface area contributed by atoms with Crippen molar-refractivity contribution in [2.75, 3.05) is 10.8 Å². The van der Waals surface area contributed by atoms with Gasteiger partial charge in [0.05, 0.1) is 5.69 Å². The van der Waals surface area contributed by atoms with Crippen molar-refractivity contribution in [1.29, 1.82) is 0 Å². The first kappa shape index (κ1) is 16.0. The van der Waals surface area contributed by atoms with Gasteiger partial charge in [-0.3, -0.25) is 9.10 Å². The Morgan fingerprint density at radius 2 is 1.68 bits per heavy atom. The molecule has 22 heavy (non-hydrogen) atoms. The maximum atomic E-state index is 11.8. The first-order valence-corrected chi connectivity index (χ1v) is 7.87. The van der Waals surface area contributed by atoms with Gasteiger partial charge in [0, 0.05) is 0 Å². The minimum absolute atomic E-state index is 0.122. The molecular weight excluding hydrogens is 302 g/mol. The summed E-state index contributed by atoms with van der Waals surface area (Å²) < 4.78 is 28.8. The Kier molecular flexibility index (Phi) is 5.55. The van der Waals surface area contributed by atoms with Gasteiger partial charge >= 0.3 is 5.97 Å². The van der Waals surface area contributed by atoms with Gasteiger partial charge in [0.25, 0.3) is 0 Å². The molecule has 0 bridgehead atoms. The molecular formula is C16H17NO4S. The predicted octanol–water partition coefficient (Wildman–Crippen LogP) is 2.07. The summed E-state index contributed by atoms with van der Waals surface area (Å²) in [6, 6.07) is 16.1. The van der Waals surface area contributed by atoms with Gasteiger partial charge in [-0.25, -0.2) is 8.42 Å². The van der Waals surface area contributed by atoms with Crippen LogP contribution in [-0.2, 0) is 27.0 Å². The third kappa shape index (κ3) is 4.60. The topological polar surface area (TPSA) is 63.7 Å². The number of carbonyl (C=O) groups excluding carboxylic acids is 1. The van der Waals surface area contributed by atoms with Crippen molar-refractivity contribution < 1.29 is 17.9 Å². The number of nitrogens with zero attached hydrogens (tertiary/aromatic N) is 1. The predicted molar refractivity (Wildman–Crippen MR) is 85.1 cm³/mol. The van der Waals surface area contributed by atoms with Crippen molar-refractivity contribution in [3.05, 3.63) is 65.7 Å². The number of esters is 1. The highest BCUT2D eigenvalue weighted by atomic mass is 32.2. The summed E-state index contributed by atoms with van der Waals surface area (Å²) in [6.07, 6.45) is 0. The molecule has 0 saturated carbocycles. The fraction of sp³-hybridized carbons (Fsp3) is 0.188. The third-order valence-corrected chi connectivity index (χ3v) is 3.82. The summed E-state index contributed by atoms with van der Waals surface area (Å²) in [5.74, 6) is -0.594. The van der Waals surface area contributed by atoms with Gasteiger partial charge < -0.3 is 4.74 Å². The molecule has 116 valence electrons. The standard InChI is InChI=1S/C16H17NO4S/c1-13-7-9-15(10-8-13)17(22(19)20)11-16(18)21-12-14-5-3-2-4-6-14/h2-10,22H,11-12H2,1H3. The number of hydrogen-bond donors (Lipinski definition) is 1. The van der Waals surface area contributed by atoms with Gasteiger partial charge in [0.1, 0.15) is 13.2 Å². The lowest BCUT2D eigenvalue weighted by molar-refractivity contribution is -0.143. The maximum absolute atomic E-state index is 11.8. The number of rotatable bonds is 6. The molecule has 0 saturated heterocycles. The Hall–Kier alpha value is -2.34. The van der Waals surface area contributed by atoms with Crippen molar-refractivity contribution in [3.8, 4) is 0 Å². The molecule has 0 aliphatic rings. The Morgan fingerprint density at radius 1 is 1.05 bits per heavy atom. The molecule has 0 aromatic heterocycles. The second kappa shape index (κ2) is 7.61. The Bertz CT molecular complexity index is 688. The fourth-order valence-electron chi connectivity index (χ4n) is 1.87. The number of thiol groups is 1. The lowest BCUT2D eigenvalue weighted by Crippen LogP contribution is -2.29. The number of carbonyl (C=O) groups is 1. The van der Waals surface area contributed by atoms with E-state index in [2.05, 4.69) is 0 Å². The number of benzene rings is 2. The van der Waals surface area contributed by atoms with Gasteiger partial charge in [0.2, 0.25) is 10.9 Å². The van der Waals surface area contributed by atoms with Crippen LogP contribution in [-0.4, -0.2) is 20.9 Å². The molecule has 2 aromatic carbocycles. The maximum Gasteiger partial charge on any atom is 0.327 e. The van der Waals surface area contributed by atoms with Crippen LogP contribution in [0.15, 0.2) is 54.6 Å². The largest absolute Gasteiger partial charge is 0.459 e. The second-order valence-corrected chi connectivity index (χ2v) is 5.74. The zero-order valence-electron chi connectivity index (χ0n) is 12.1. The molecule has 6 heteroatoms. The van der Waals surface area contributed by atoms with Crippen molar-refractivity contribution in [3.63, 3.8) is 0 Å². The van der Waals surface area contributed by atoms with Crippen LogP contribution in [0, 0.1) is 6.92 Å². The van der Waals surface area contributed by atoms with Crippen LogP contribution in [0.3, 0.4) is 0 Å². The van der Waals surface area contributed by atoms with E-state index < -0.39 is 16.9 Å². The zero-order chi connectivity index (χ0) is 15.9. The Balaban J connectivity index is 1.99. The van der Waals surface area contributed by atoms with E-state index in [1.54, 1.807) is 24.3 Å². The van der Waals surface area contributed by atoms with Crippen molar-refractivity contribution in [2.45, 2.75) is 13.5 Å². The number of aryl methyl sites for hydroxylation is 1. The molecule has 2 aromatic rings. The average molecular weight is 319 g/mol. The highest BCUT2D eigenvalue weighted by molar-refractivity contribution is 7.74. The Morgan fingerprint density at radius 3 is 2.27 bits per heavy atom. The van der Waals surface area contributed by atoms with E-state index >= 15 is 0 Å². The van der Waals surface area contributed by atoms with Crippen LogP contribution in [0.4, 0.5) is 5.69 Å². The van der Waals surface area contributed by atoms with E-state index in [9.17, 15) is 13.2 Å². The Labute approximate surface area is 131 Å². The van der Waals surface area contributed by atoms with Crippen molar-refractivity contribution >= 4 is 22.5 Å². The van der Waals surface area contributed by atoms with E-state index in [-0.39, 0.29) is 13.2 Å². The smallest absolute Gasteiger partial charge is 0.327 e. The van der Waals surface area contributed by atoms with Crippen molar-refractivity contribution in [1.82, 2.24) is 0 Å². The van der Waals surface area contributed by atoms with Crippen LogP contribution >= 0.6 is 0 Å². The van der Waals surface area contributed by atoms with E-state index in [1.807, 2.05) is 37.3 Å². The average Bonchev–Trinajstić information content (AvgIpc) is 2.52. The summed E-state index contributed by atoms with van der Waals surface area (Å²) >= 11 is 0. The monoisotopic (exact) mass is 319 g/mol. The van der Waals surface area contributed by atoms with Gasteiger partial charge in [-0.2, -0.15) is 0 Å². The number of anilines is 1. The van der Waals surface area contributed by atoms with Gasteiger partial charge in [-0.1, -0.05) is 48.0 Å². The summed E-state index contributed by atoms with van der Waals surface area (Å²) in [5, 5.41) is 0. The van der Waals surface area contributed by atoms with Crippen LogP contribution in [0.25, 0.3) is 0 Å². The SMILES string of the molecule is Cc1ccc(N(CC(=O)OCc2ccccc2)[SH](=O)=O)cc1. The lowest BCUT2D eigenvalue weighted by Gasteiger charge is -2.17. The molecule has 0 atom stereocenters. The molecule has 0 heterocycles. The molecule has 2 rings (SSSR count). The first-order valence-electron chi connectivity index (χ1n) is 6.74. The van der Waals surface area contributed by atoms with Gasteiger partial charge in [-0.05, 0) is 24.6 Å². The summed E-state index contributed by atoms with van der Waals surface area (Å²) in [4.78, 5) is 11.8. The van der Waals surface area contributed by atoms with E-state index in [0.717, 1.165) is 15.4 Å². The van der Waals surface area contributed by atoms with Gasteiger partial charge in [0.15, 0.2) is 0 Å². The number of ether oxygens (including phenoxy) is 1. The normalized spacial score (nSPS) is 10.5. The molecule has 0 N–H and O–H groups in total. The van der Waals surface area contributed by atoms with Crippen LogP contribution < -0.4 is 4.31 Å². The minimum atomic E-state index is -2.91. The molecule has 0 amide bonds. The van der Waals surface area contributed by atoms with Crippen LogP contribution in [0.2, 0.25) is 0 Å². The van der Waals surface area contributed by atoms with Crippen molar-refractivity contribution in [2.24, 2.45) is 0 Å². The molecule has 0 unspecified atom stereocenters. The summed E-state index contributed by atoms with van der Waals surface area (Å²) in [6.45, 7) is 1.69. The highest BCUT2D eigenvalue weighted by Crippen LogP contribution is 2.15. The molecule has 0 spiro atoms. The summed E-state index contributed by atoms with van der Waals surface area (Å²) in [7, 11) is -2.91. The fourth-order valence-corrected chi connectivity index (χ4v) is 2.42. The molecule has 0 aliphatic carbocycles. The quantitative estimate of drug-likeness (QED) is 0.654. The summed E-state index contributed by atoms with van der Waals surface area (Å²) in [5.41, 5.74) is 2.30. The van der Waals surface area contributed by atoms with Crippen LogP contribution in [0.5, 0.6) is 0 Å². The molecule has 5 nitrogen and oxygen atoms in total. The highest BCUT2D eigenvalue weighted by Gasteiger charge is 2.14.